The van der Waals surface area contributed by atoms with E-state index in [-0.39, 0.29) is 24.3 Å². The van der Waals surface area contributed by atoms with Gasteiger partial charge in [-0.25, -0.2) is 4.68 Å². The second-order valence-corrected chi connectivity index (χ2v) is 9.68. The molecule has 0 aliphatic carbocycles. The first-order valence-corrected chi connectivity index (χ1v) is 13.0. The number of benzene rings is 3. The zero-order valence-corrected chi connectivity index (χ0v) is 23.2. The van der Waals surface area contributed by atoms with Gasteiger partial charge in [-0.05, 0) is 48.4 Å². The third kappa shape index (κ3) is 5.09. The summed E-state index contributed by atoms with van der Waals surface area (Å²) in [6, 6.07) is 21.2. The Hall–Kier alpha value is -5.18. The number of nitrogens with zero attached hydrogens (tertiary/aromatic N) is 3. The van der Waals surface area contributed by atoms with Crippen molar-refractivity contribution in [2.75, 3.05) is 14.2 Å². The maximum Gasteiger partial charge on any atom is 0.282 e. The number of fused-ring (bicyclic) bond motifs is 1. The van der Waals surface area contributed by atoms with E-state index in [1.165, 1.54) is 11.5 Å². The monoisotopic (exact) mass is 551 g/mol. The molecular weight excluding hydrogens is 522 g/mol. The van der Waals surface area contributed by atoms with Crippen molar-refractivity contribution in [1.29, 1.82) is 0 Å². The van der Waals surface area contributed by atoms with Crippen LogP contribution in [0, 0.1) is 6.92 Å². The van der Waals surface area contributed by atoms with Gasteiger partial charge >= 0.3 is 0 Å². The molecule has 0 spiro atoms. The molecule has 0 unspecified atom stereocenters. The number of carbonyl (C=O) groups excluding carboxylic acids is 3. The number of rotatable bonds is 7. The number of para-hydroxylation sites is 1. The van der Waals surface area contributed by atoms with Crippen molar-refractivity contribution >= 4 is 28.6 Å². The average molecular weight is 552 g/mol. The number of aromatic nitrogens is 3. The van der Waals surface area contributed by atoms with Gasteiger partial charge in [0.05, 0.1) is 43.8 Å². The van der Waals surface area contributed by atoms with Crippen LogP contribution in [0.2, 0.25) is 0 Å². The highest BCUT2D eigenvalue weighted by molar-refractivity contribution is 6.02. The topological polar surface area (TPSA) is 102 Å². The van der Waals surface area contributed by atoms with E-state index in [1.54, 1.807) is 88.0 Å². The summed E-state index contributed by atoms with van der Waals surface area (Å²) in [6.45, 7) is 3.07. The van der Waals surface area contributed by atoms with Gasteiger partial charge in [-0.2, -0.15) is 4.68 Å². The predicted molar refractivity (Wildman–Crippen MR) is 155 cm³/mol. The highest BCUT2D eigenvalue weighted by Crippen LogP contribution is 2.31. The van der Waals surface area contributed by atoms with E-state index in [9.17, 15) is 19.2 Å². The molecule has 9 heteroatoms. The Morgan fingerprint density at radius 1 is 0.732 bits per heavy atom. The van der Waals surface area contributed by atoms with Gasteiger partial charge in [0.1, 0.15) is 11.5 Å². The lowest BCUT2D eigenvalue weighted by atomic mass is 10.1. The molecule has 5 aromatic rings. The lowest BCUT2D eigenvalue weighted by molar-refractivity contribution is 0.0790. The van der Waals surface area contributed by atoms with E-state index < -0.39 is 17.4 Å². The summed E-state index contributed by atoms with van der Waals surface area (Å²) in [5, 5.41) is 0.664. The molecule has 208 valence electrons. The fourth-order valence-corrected chi connectivity index (χ4v) is 5.07. The molecule has 9 nitrogen and oxygen atoms in total. The fraction of sp³-hybridized carbons (Fsp3) is 0.188. The molecule has 5 rings (SSSR count). The predicted octanol–water partition coefficient (Wildman–Crippen LogP) is 5.02. The van der Waals surface area contributed by atoms with Crippen LogP contribution in [0.4, 0.5) is 0 Å². The average Bonchev–Trinajstić information content (AvgIpc) is 3.48. The van der Waals surface area contributed by atoms with Gasteiger partial charge in [0, 0.05) is 24.1 Å². The lowest BCUT2D eigenvalue weighted by Crippen LogP contribution is -2.35. The Morgan fingerprint density at radius 3 is 1.76 bits per heavy atom. The third-order valence-corrected chi connectivity index (χ3v) is 7.11. The number of carbonyl (C=O) groups is 3. The molecule has 0 fully saturated rings. The summed E-state index contributed by atoms with van der Waals surface area (Å²) in [6.07, 6.45) is 1.43. The van der Waals surface area contributed by atoms with Gasteiger partial charge in [-0.3, -0.25) is 23.7 Å². The van der Waals surface area contributed by atoms with Crippen molar-refractivity contribution in [2.45, 2.75) is 26.7 Å². The van der Waals surface area contributed by atoms with Gasteiger partial charge in [0.15, 0.2) is 0 Å². The smallest absolute Gasteiger partial charge is 0.282 e. The number of methoxy groups -OCH3 is 2. The van der Waals surface area contributed by atoms with Crippen LogP contribution < -0.4 is 15.0 Å². The summed E-state index contributed by atoms with van der Waals surface area (Å²) in [7, 11) is 3.11. The van der Waals surface area contributed by atoms with Crippen molar-refractivity contribution < 1.29 is 23.9 Å². The molecular formula is C32H29N3O6. The SMILES string of the molecule is COc1ccc(CC(=O)n2c(C)c(-c3cn(C(C)=O)c4ccccc34)c(=O)n2C(=O)Cc2ccc(OC)cc2)cc1. The molecule has 0 N–H and O–H groups in total. The van der Waals surface area contributed by atoms with E-state index in [0.717, 1.165) is 9.36 Å². The van der Waals surface area contributed by atoms with E-state index >= 15 is 0 Å². The highest BCUT2D eigenvalue weighted by Gasteiger charge is 2.28. The molecule has 41 heavy (non-hydrogen) atoms. The van der Waals surface area contributed by atoms with Crippen molar-refractivity contribution in [2.24, 2.45) is 0 Å². The molecule has 0 saturated heterocycles. The van der Waals surface area contributed by atoms with E-state index in [2.05, 4.69) is 0 Å². The van der Waals surface area contributed by atoms with Crippen LogP contribution >= 0.6 is 0 Å². The third-order valence-electron chi connectivity index (χ3n) is 7.11. The first-order valence-electron chi connectivity index (χ1n) is 13.0. The lowest BCUT2D eigenvalue weighted by Gasteiger charge is -2.12. The maximum absolute atomic E-state index is 14.0. The van der Waals surface area contributed by atoms with Gasteiger partial charge in [-0.1, -0.05) is 42.5 Å². The second kappa shape index (κ2) is 11.1. The van der Waals surface area contributed by atoms with Crippen LogP contribution in [0.5, 0.6) is 11.5 Å². The van der Waals surface area contributed by atoms with Gasteiger partial charge in [-0.15, -0.1) is 0 Å². The van der Waals surface area contributed by atoms with Gasteiger partial charge < -0.3 is 9.47 Å². The molecule has 0 aliphatic heterocycles. The Balaban J connectivity index is 1.66. The zero-order chi connectivity index (χ0) is 29.3. The van der Waals surface area contributed by atoms with E-state index in [4.69, 9.17) is 9.47 Å². The van der Waals surface area contributed by atoms with Crippen LogP contribution in [0.1, 0.15) is 38.1 Å². The Labute approximate surface area is 236 Å². The largest absolute Gasteiger partial charge is 0.497 e. The van der Waals surface area contributed by atoms with Gasteiger partial charge in [0.2, 0.25) is 11.8 Å². The molecule has 0 radical (unpaired) electrons. The molecule has 0 bridgehead atoms. The minimum atomic E-state index is -0.629. The quantitative estimate of drug-likeness (QED) is 0.281. The second-order valence-electron chi connectivity index (χ2n) is 9.68. The summed E-state index contributed by atoms with van der Waals surface area (Å²) < 4.78 is 13.9. The van der Waals surface area contributed by atoms with Crippen LogP contribution in [0.3, 0.4) is 0 Å². The minimum Gasteiger partial charge on any atom is -0.497 e. The summed E-state index contributed by atoms with van der Waals surface area (Å²) in [5.74, 6) is 0.0452. The van der Waals surface area contributed by atoms with E-state index in [0.29, 0.717) is 44.8 Å². The van der Waals surface area contributed by atoms with Crippen molar-refractivity contribution in [3.05, 3.63) is 106 Å². The zero-order valence-electron chi connectivity index (χ0n) is 23.2. The summed E-state index contributed by atoms with van der Waals surface area (Å²) in [4.78, 5) is 53.9. The summed E-state index contributed by atoms with van der Waals surface area (Å²) in [5.41, 5.74) is 2.32. The van der Waals surface area contributed by atoms with E-state index in [1.807, 2.05) is 12.1 Å². The number of ether oxygens (including phenoxy) is 2. The normalized spacial score (nSPS) is 11.0. The first kappa shape index (κ1) is 27.4. The molecule has 0 aliphatic rings. The van der Waals surface area contributed by atoms with Crippen molar-refractivity contribution in [1.82, 2.24) is 13.9 Å². The highest BCUT2D eigenvalue weighted by atomic mass is 16.5. The Bertz CT molecular complexity index is 1840. The van der Waals surface area contributed by atoms with Gasteiger partial charge in [0.25, 0.3) is 11.5 Å². The number of hydrogen-bond donors (Lipinski definition) is 0. The van der Waals surface area contributed by atoms with Crippen LogP contribution in [-0.4, -0.2) is 45.9 Å². The van der Waals surface area contributed by atoms with Crippen molar-refractivity contribution in [3.63, 3.8) is 0 Å². The molecule has 2 aromatic heterocycles. The molecule has 0 atom stereocenters. The maximum atomic E-state index is 14.0. The molecule has 0 amide bonds. The van der Waals surface area contributed by atoms with Crippen LogP contribution in [0.25, 0.3) is 22.0 Å². The first-order chi connectivity index (χ1) is 19.7. The summed E-state index contributed by atoms with van der Waals surface area (Å²) >= 11 is 0. The molecule has 3 aromatic carbocycles. The Kier molecular flexibility index (Phi) is 7.43. The minimum absolute atomic E-state index is 0.0522. The standard InChI is InChI=1S/C32H29N3O6/c1-20-31(27-19-33(21(2)36)28-8-6-5-7-26(27)28)32(39)35(30(38)18-23-11-15-25(41-4)16-12-23)34(20)29(37)17-22-9-13-24(40-3)14-10-22/h5-16,19H,17-18H2,1-4H3. The van der Waals surface area contributed by atoms with Crippen LogP contribution in [0.15, 0.2) is 83.8 Å². The fourth-order valence-electron chi connectivity index (χ4n) is 5.07. The number of hydrogen-bond acceptors (Lipinski definition) is 6. The Morgan fingerprint density at radius 2 is 1.24 bits per heavy atom. The van der Waals surface area contributed by atoms with Crippen molar-refractivity contribution in [3.8, 4) is 22.6 Å². The molecule has 2 heterocycles. The molecule has 0 saturated carbocycles. The van der Waals surface area contributed by atoms with Crippen LogP contribution in [-0.2, 0) is 12.8 Å².